The molecule has 0 radical (unpaired) electrons. The Labute approximate surface area is 534 Å². The number of thiophene rings is 2. The van der Waals surface area contributed by atoms with E-state index in [1.54, 1.807) is 23.5 Å². The van der Waals surface area contributed by atoms with Crippen LogP contribution in [0, 0.1) is 0 Å². The monoisotopic (exact) mass is 1180 g/mol. The molecule has 6 aromatic heterocycles. The number of nitrogens with zero attached hydrogens (tertiary/aromatic N) is 8. The Morgan fingerprint density at radius 1 is 0.239 bits per heavy atom. The summed E-state index contributed by atoms with van der Waals surface area (Å²) in [6.07, 6.45) is 0. The molecule has 0 bridgehead atoms. The molecule has 6 heterocycles. The van der Waals surface area contributed by atoms with Gasteiger partial charge in [-0.3, -0.25) is 0 Å². The molecule has 0 aliphatic heterocycles. The van der Waals surface area contributed by atoms with E-state index in [0.717, 1.165) is 49.6 Å². The molecule has 12 aromatic carbocycles. The summed E-state index contributed by atoms with van der Waals surface area (Å²) in [6.45, 7) is 0. The van der Waals surface area contributed by atoms with Crippen LogP contribution >= 0.6 is 22.7 Å². The molecular formula is C78H48N8S2. The van der Waals surface area contributed by atoms with E-state index in [9.17, 15) is 0 Å². The summed E-state index contributed by atoms with van der Waals surface area (Å²) >= 11 is 3.57. The van der Waals surface area contributed by atoms with Crippen molar-refractivity contribution in [3.63, 3.8) is 0 Å². The van der Waals surface area contributed by atoms with Crippen LogP contribution in [0.3, 0.4) is 0 Å². The lowest BCUT2D eigenvalue weighted by molar-refractivity contribution is 1.07. The summed E-state index contributed by atoms with van der Waals surface area (Å²) < 4.78 is 134. The quantitative estimate of drug-likeness (QED) is 0.151. The number of hydrogen-bond donors (Lipinski definition) is 0. The maximum Gasteiger partial charge on any atom is 0.164 e. The van der Waals surface area contributed by atoms with Gasteiger partial charge in [-0.25, -0.2) is 29.9 Å². The van der Waals surface area contributed by atoms with Gasteiger partial charge in [0.1, 0.15) is 0 Å². The Balaban J connectivity index is 0.000000153. The Hall–Kier alpha value is -11.3. The van der Waals surface area contributed by atoms with Gasteiger partial charge in [0, 0.05) is 107 Å². The van der Waals surface area contributed by atoms with Crippen molar-refractivity contribution in [3.05, 3.63) is 291 Å². The minimum atomic E-state index is -0.597. The Bertz CT molecular complexity index is 6470. The molecule has 0 aliphatic rings. The zero-order valence-corrected chi connectivity index (χ0v) is 47.6. The van der Waals surface area contributed by atoms with E-state index in [0.29, 0.717) is 28.3 Å². The average molecular weight is 1180 g/mol. The van der Waals surface area contributed by atoms with E-state index in [4.69, 9.17) is 25.5 Å². The highest BCUT2D eigenvalue weighted by atomic mass is 32.1. The molecule has 0 spiro atoms. The van der Waals surface area contributed by atoms with Gasteiger partial charge in [0.2, 0.25) is 0 Å². The number of hydrogen-bond acceptors (Lipinski definition) is 8. The molecule has 10 heteroatoms. The molecule has 18 aromatic rings. The van der Waals surface area contributed by atoms with Gasteiger partial charge < -0.3 is 9.13 Å². The zero-order chi connectivity index (χ0) is 71.1. The smallest absolute Gasteiger partial charge is 0.164 e. The molecule has 0 amide bonds. The standard InChI is InChI=1S/2C39H24N4S/c2*1-3-11-25(12-4-1)37-40-38(26-13-5-2-6-14-26)42-39(41-37)27-19-21-28(22-20-27)43-33-17-9-7-15-29(33)31-24-36-32(23-34(31)43)30-16-8-10-18-35(30)44-36/h2*1-24H/i1D,2D,3D,4D,5D,6D,11D,12D,13D,14D;1D,3D,4D,11D,12D. The van der Waals surface area contributed by atoms with Crippen LogP contribution in [-0.2, 0) is 0 Å². The van der Waals surface area contributed by atoms with Gasteiger partial charge in [0.05, 0.1) is 42.6 Å². The van der Waals surface area contributed by atoms with Crippen LogP contribution in [0.4, 0.5) is 0 Å². The van der Waals surface area contributed by atoms with Gasteiger partial charge in [-0.05, 0) is 97.1 Å². The van der Waals surface area contributed by atoms with Gasteiger partial charge in [-0.1, -0.05) is 194 Å². The van der Waals surface area contributed by atoms with E-state index in [-0.39, 0.29) is 52.1 Å². The fourth-order valence-corrected chi connectivity index (χ4v) is 13.9. The normalized spacial score (nSPS) is 14.0. The van der Waals surface area contributed by atoms with Crippen molar-refractivity contribution >= 4 is 107 Å². The Morgan fingerprint density at radius 2 is 0.557 bits per heavy atom. The van der Waals surface area contributed by atoms with Crippen LogP contribution in [-0.4, -0.2) is 39.0 Å². The fourth-order valence-electron chi connectivity index (χ4n) is 11.6. The summed E-state index contributed by atoms with van der Waals surface area (Å²) in [7, 11) is 0. The van der Waals surface area contributed by atoms with Crippen LogP contribution in [0.2, 0.25) is 0 Å². The Kier molecular flexibility index (Phi) is 9.19. The van der Waals surface area contributed by atoms with Gasteiger partial charge in [0.25, 0.3) is 0 Å². The molecule has 0 atom stereocenters. The highest BCUT2D eigenvalue weighted by molar-refractivity contribution is 7.26. The van der Waals surface area contributed by atoms with Crippen molar-refractivity contribution < 1.29 is 20.6 Å². The fraction of sp³-hybridized carbons (Fsp3) is 0. The largest absolute Gasteiger partial charge is 0.309 e. The average Bonchev–Trinajstić information content (AvgIpc) is 1.61. The first-order valence-corrected chi connectivity index (χ1v) is 29.6. The van der Waals surface area contributed by atoms with Crippen LogP contribution in [0.5, 0.6) is 0 Å². The molecule has 0 aliphatic carbocycles. The maximum absolute atomic E-state index is 8.59. The molecule has 88 heavy (non-hydrogen) atoms. The van der Waals surface area contributed by atoms with Gasteiger partial charge in [-0.2, -0.15) is 0 Å². The highest BCUT2D eigenvalue weighted by Gasteiger charge is 2.20. The number of para-hydroxylation sites is 2. The van der Waals surface area contributed by atoms with E-state index in [1.165, 1.54) is 45.7 Å². The lowest BCUT2D eigenvalue weighted by atomic mass is 10.1. The highest BCUT2D eigenvalue weighted by Crippen LogP contribution is 2.43. The maximum atomic E-state index is 8.59. The summed E-state index contributed by atoms with van der Waals surface area (Å²) in [4.78, 5) is 27.6. The van der Waals surface area contributed by atoms with E-state index >= 15 is 0 Å². The third-order valence-electron chi connectivity index (χ3n) is 15.6. The SMILES string of the molecule is [2H]c1c([2H])c([2H])c(-c2nc(-c3ccc(-n4c5ccccc5c5cc6sc7ccccc7c6cc54)cc3)nc(-c3c([2H])c([2H])c([2H])c([2H])c3[2H])n2)c([2H])c1[2H].[2H]c1c([2H])c([2H])c(-c2nc(-c3ccccc3)nc(-c3ccc(-n4c5ccccc5c5cc6sc7ccccc7c6cc54)cc3)n2)c([2H])c1[2H]. The third kappa shape index (κ3) is 8.97. The zero-order valence-electron chi connectivity index (χ0n) is 60.9. The lowest BCUT2D eigenvalue weighted by Crippen LogP contribution is -2.00. The molecule has 18 rings (SSSR count). The van der Waals surface area contributed by atoms with Crippen molar-refractivity contribution in [1.29, 1.82) is 0 Å². The molecule has 0 fully saturated rings. The minimum absolute atomic E-state index is 0.00819. The number of fused-ring (bicyclic) bond motifs is 12. The van der Waals surface area contributed by atoms with Crippen molar-refractivity contribution in [2.45, 2.75) is 0 Å². The second kappa shape index (κ2) is 21.3. The first kappa shape index (κ1) is 37.9. The van der Waals surface area contributed by atoms with Crippen LogP contribution in [0.1, 0.15) is 20.6 Å². The summed E-state index contributed by atoms with van der Waals surface area (Å²) in [5, 5.41) is 9.39. The topological polar surface area (TPSA) is 87.2 Å². The molecule has 8 nitrogen and oxygen atoms in total. The number of rotatable bonds is 8. The molecule has 0 saturated carbocycles. The predicted octanol–water partition coefficient (Wildman–Crippen LogP) is 20.7. The third-order valence-corrected chi connectivity index (χ3v) is 17.9. The van der Waals surface area contributed by atoms with Crippen molar-refractivity contribution in [1.82, 2.24) is 39.0 Å². The van der Waals surface area contributed by atoms with Gasteiger partial charge in [0.15, 0.2) is 34.9 Å². The second-order valence-electron chi connectivity index (χ2n) is 20.7. The molecule has 0 unspecified atom stereocenters. The van der Waals surface area contributed by atoms with Crippen molar-refractivity contribution in [2.24, 2.45) is 0 Å². The van der Waals surface area contributed by atoms with Crippen molar-refractivity contribution in [2.75, 3.05) is 0 Å². The van der Waals surface area contributed by atoms with Gasteiger partial charge >= 0.3 is 0 Å². The molecule has 0 N–H and O–H groups in total. The molecule has 412 valence electrons. The van der Waals surface area contributed by atoms with Crippen LogP contribution in [0.15, 0.2) is 291 Å². The lowest BCUT2D eigenvalue weighted by Gasteiger charge is -2.11. The van der Waals surface area contributed by atoms with Gasteiger partial charge in [-0.15, -0.1) is 22.7 Å². The number of benzene rings is 12. The minimum Gasteiger partial charge on any atom is -0.309 e. The van der Waals surface area contributed by atoms with Crippen molar-refractivity contribution in [3.8, 4) is 79.7 Å². The molecule has 0 saturated heterocycles. The first-order valence-electron chi connectivity index (χ1n) is 35.5. The molecular weight excluding hydrogens is 1110 g/mol. The summed E-state index contributed by atoms with van der Waals surface area (Å²) in [5.41, 5.74) is 7.23. The number of aromatic nitrogens is 8. The van der Waals surface area contributed by atoms with Crippen LogP contribution in [0.25, 0.3) is 164 Å². The second-order valence-corrected chi connectivity index (χ2v) is 22.9. The van der Waals surface area contributed by atoms with E-state index in [1.807, 2.05) is 102 Å². The van der Waals surface area contributed by atoms with Crippen LogP contribution < -0.4 is 0 Å². The predicted molar refractivity (Wildman–Crippen MR) is 367 cm³/mol. The Morgan fingerprint density at radius 3 is 0.943 bits per heavy atom. The van der Waals surface area contributed by atoms with E-state index in [2.05, 4.69) is 131 Å². The summed E-state index contributed by atoms with van der Waals surface area (Å²) in [5.74, 6) is 0.0737. The first-order chi connectivity index (χ1) is 49.8. The van der Waals surface area contributed by atoms with E-state index < -0.39 is 78.6 Å². The summed E-state index contributed by atoms with van der Waals surface area (Å²) in [6, 6.07) is 59.3.